The van der Waals surface area contributed by atoms with E-state index >= 15 is 0 Å². The van der Waals surface area contributed by atoms with Crippen LogP contribution in [0.25, 0.3) is 0 Å². The Kier molecular flexibility index (Phi) is 5.68. The molecular weight excluding hydrogens is 302 g/mol. The zero-order chi connectivity index (χ0) is 16.8. The van der Waals surface area contributed by atoms with Crippen molar-refractivity contribution in [1.82, 2.24) is 9.88 Å². The second-order valence-corrected chi connectivity index (χ2v) is 6.92. The van der Waals surface area contributed by atoms with E-state index in [4.69, 9.17) is 10.00 Å². The number of nitriles is 1. The Labute approximate surface area is 143 Å². The van der Waals surface area contributed by atoms with Gasteiger partial charge >= 0.3 is 0 Å². The molecule has 5 heteroatoms. The van der Waals surface area contributed by atoms with Gasteiger partial charge in [0.25, 0.3) is 0 Å². The minimum Gasteiger partial charge on any atom is -0.472 e. The average molecular weight is 327 g/mol. The summed E-state index contributed by atoms with van der Waals surface area (Å²) in [6.07, 6.45) is 10.4. The van der Waals surface area contributed by atoms with E-state index in [1.165, 1.54) is 32.1 Å². The largest absolute Gasteiger partial charge is 0.472 e. The van der Waals surface area contributed by atoms with Gasteiger partial charge in [0, 0.05) is 25.2 Å². The van der Waals surface area contributed by atoms with Crippen LogP contribution in [0.15, 0.2) is 18.3 Å². The SMILES string of the molecule is N#Cc1ccnc(O[C@H]2CCCN(C(=O)CC3CCCCC3)C2)c1. The van der Waals surface area contributed by atoms with Gasteiger partial charge in [0.2, 0.25) is 11.8 Å². The zero-order valence-electron chi connectivity index (χ0n) is 14.1. The van der Waals surface area contributed by atoms with Crippen LogP contribution in [0.1, 0.15) is 56.9 Å². The first kappa shape index (κ1) is 16.8. The molecule has 1 atom stereocenters. The van der Waals surface area contributed by atoms with Crippen LogP contribution in [0.3, 0.4) is 0 Å². The number of ether oxygens (including phenoxy) is 1. The van der Waals surface area contributed by atoms with Gasteiger partial charge in [-0.05, 0) is 37.7 Å². The van der Waals surface area contributed by atoms with Crippen LogP contribution in [-0.4, -0.2) is 35.0 Å². The van der Waals surface area contributed by atoms with Crippen LogP contribution >= 0.6 is 0 Å². The van der Waals surface area contributed by atoms with Gasteiger partial charge in [-0.2, -0.15) is 5.26 Å². The number of hydrogen-bond acceptors (Lipinski definition) is 4. The monoisotopic (exact) mass is 327 g/mol. The minimum absolute atomic E-state index is 0.0319. The van der Waals surface area contributed by atoms with E-state index in [0.29, 0.717) is 30.3 Å². The summed E-state index contributed by atoms with van der Waals surface area (Å²) in [5.41, 5.74) is 0.543. The molecule has 1 aromatic rings. The lowest BCUT2D eigenvalue weighted by Gasteiger charge is -2.34. The molecule has 1 saturated carbocycles. The van der Waals surface area contributed by atoms with Crippen molar-refractivity contribution in [3.63, 3.8) is 0 Å². The number of carbonyl (C=O) groups excluding carboxylic acids is 1. The molecule has 2 aliphatic rings. The summed E-state index contributed by atoms with van der Waals surface area (Å²) in [7, 11) is 0. The average Bonchev–Trinajstić information content (AvgIpc) is 2.63. The predicted molar refractivity (Wildman–Crippen MR) is 90.4 cm³/mol. The van der Waals surface area contributed by atoms with E-state index in [0.717, 1.165) is 19.4 Å². The van der Waals surface area contributed by atoms with E-state index < -0.39 is 0 Å². The Bertz CT molecular complexity index is 605. The second kappa shape index (κ2) is 8.14. The maximum absolute atomic E-state index is 12.6. The first-order valence-corrected chi connectivity index (χ1v) is 9.05. The first-order chi connectivity index (χ1) is 11.7. The summed E-state index contributed by atoms with van der Waals surface area (Å²) in [6, 6.07) is 5.41. The van der Waals surface area contributed by atoms with Crippen LogP contribution in [0.4, 0.5) is 0 Å². The summed E-state index contributed by atoms with van der Waals surface area (Å²) in [6.45, 7) is 1.46. The third-order valence-electron chi connectivity index (χ3n) is 5.07. The van der Waals surface area contributed by atoms with E-state index in [2.05, 4.69) is 11.1 Å². The molecule has 2 heterocycles. The molecule has 0 radical (unpaired) electrons. The molecule has 5 nitrogen and oxygen atoms in total. The van der Waals surface area contributed by atoms with Gasteiger partial charge in [-0.25, -0.2) is 4.98 Å². The van der Waals surface area contributed by atoms with Crippen LogP contribution < -0.4 is 4.74 Å². The first-order valence-electron chi connectivity index (χ1n) is 9.05. The molecule has 24 heavy (non-hydrogen) atoms. The van der Waals surface area contributed by atoms with Gasteiger partial charge in [0.1, 0.15) is 6.10 Å². The molecule has 1 aliphatic carbocycles. The van der Waals surface area contributed by atoms with Crippen molar-refractivity contribution in [3.05, 3.63) is 23.9 Å². The maximum atomic E-state index is 12.6. The number of likely N-dealkylation sites (tertiary alicyclic amines) is 1. The highest BCUT2D eigenvalue weighted by Crippen LogP contribution is 2.27. The van der Waals surface area contributed by atoms with Crippen molar-refractivity contribution >= 4 is 5.91 Å². The van der Waals surface area contributed by atoms with Crippen LogP contribution in [0, 0.1) is 17.2 Å². The Morgan fingerprint density at radius 1 is 1.29 bits per heavy atom. The van der Waals surface area contributed by atoms with E-state index in [1.807, 2.05) is 4.90 Å². The highest BCUT2D eigenvalue weighted by molar-refractivity contribution is 5.76. The fourth-order valence-electron chi connectivity index (χ4n) is 3.74. The van der Waals surface area contributed by atoms with Gasteiger partial charge in [-0.15, -0.1) is 0 Å². The molecule has 0 N–H and O–H groups in total. The number of amides is 1. The number of aromatic nitrogens is 1. The van der Waals surface area contributed by atoms with Crippen molar-refractivity contribution < 1.29 is 9.53 Å². The summed E-state index contributed by atoms with van der Waals surface area (Å²) in [5, 5.41) is 8.95. The lowest BCUT2D eigenvalue weighted by atomic mass is 9.86. The van der Waals surface area contributed by atoms with E-state index in [-0.39, 0.29) is 12.0 Å². The molecule has 1 aliphatic heterocycles. The van der Waals surface area contributed by atoms with Gasteiger partial charge in [0.15, 0.2) is 0 Å². The number of rotatable bonds is 4. The third-order valence-corrected chi connectivity index (χ3v) is 5.07. The lowest BCUT2D eigenvalue weighted by Crippen LogP contribution is -2.45. The molecule has 0 spiro atoms. The number of carbonyl (C=O) groups is 1. The van der Waals surface area contributed by atoms with Crippen LogP contribution in [0.5, 0.6) is 5.88 Å². The van der Waals surface area contributed by atoms with Crippen LogP contribution in [0.2, 0.25) is 0 Å². The van der Waals surface area contributed by atoms with Gasteiger partial charge < -0.3 is 9.64 Å². The summed E-state index contributed by atoms with van der Waals surface area (Å²) < 4.78 is 5.91. The topological polar surface area (TPSA) is 66.2 Å². The summed E-state index contributed by atoms with van der Waals surface area (Å²) in [4.78, 5) is 18.7. The van der Waals surface area contributed by atoms with E-state index in [1.54, 1.807) is 18.3 Å². The zero-order valence-corrected chi connectivity index (χ0v) is 14.1. The number of nitrogens with zero attached hydrogens (tertiary/aromatic N) is 3. The maximum Gasteiger partial charge on any atom is 0.222 e. The normalized spacial score (nSPS) is 22.0. The lowest BCUT2D eigenvalue weighted by molar-refractivity contribution is -0.135. The minimum atomic E-state index is -0.0319. The van der Waals surface area contributed by atoms with Gasteiger partial charge in [-0.3, -0.25) is 4.79 Å². The predicted octanol–water partition coefficient (Wildman–Crippen LogP) is 3.29. The molecule has 0 aromatic carbocycles. The quantitative estimate of drug-likeness (QED) is 0.851. The highest BCUT2D eigenvalue weighted by Gasteiger charge is 2.27. The third kappa shape index (κ3) is 4.47. The fraction of sp³-hybridized carbons (Fsp3) is 0.632. The standard InChI is InChI=1S/C19H25N3O2/c20-13-16-8-9-21-18(11-16)24-17-7-4-10-22(14-17)19(23)12-15-5-2-1-3-6-15/h8-9,11,15,17H,1-7,10,12,14H2/t17-/m0/s1. The van der Waals surface area contributed by atoms with Crippen molar-refractivity contribution in [1.29, 1.82) is 5.26 Å². The Hall–Kier alpha value is -2.09. The Morgan fingerprint density at radius 3 is 2.92 bits per heavy atom. The number of pyridine rings is 1. The molecule has 0 unspecified atom stereocenters. The molecular formula is C19H25N3O2. The number of piperidine rings is 1. The molecule has 1 aromatic heterocycles. The molecule has 128 valence electrons. The molecule has 1 saturated heterocycles. The smallest absolute Gasteiger partial charge is 0.222 e. The molecule has 1 amide bonds. The van der Waals surface area contributed by atoms with Crippen LogP contribution in [-0.2, 0) is 4.79 Å². The number of hydrogen-bond donors (Lipinski definition) is 0. The summed E-state index contributed by atoms with van der Waals surface area (Å²) in [5.74, 6) is 1.32. The Balaban J connectivity index is 1.53. The van der Waals surface area contributed by atoms with Crippen molar-refractivity contribution in [2.75, 3.05) is 13.1 Å². The van der Waals surface area contributed by atoms with Crippen molar-refractivity contribution in [2.45, 2.75) is 57.5 Å². The second-order valence-electron chi connectivity index (χ2n) is 6.92. The van der Waals surface area contributed by atoms with Gasteiger partial charge in [-0.1, -0.05) is 19.3 Å². The molecule has 3 rings (SSSR count). The van der Waals surface area contributed by atoms with Crippen molar-refractivity contribution in [3.8, 4) is 11.9 Å². The van der Waals surface area contributed by atoms with Gasteiger partial charge in [0.05, 0.1) is 18.2 Å². The summed E-state index contributed by atoms with van der Waals surface area (Å²) >= 11 is 0. The molecule has 2 fully saturated rings. The van der Waals surface area contributed by atoms with Crippen molar-refractivity contribution in [2.24, 2.45) is 5.92 Å². The fourth-order valence-corrected chi connectivity index (χ4v) is 3.74. The Morgan fingerprint density at radius 2 is 2.12 bits per heavy atom. The molecule has 0 bridgehead atoms. The van der Waals surface area contributed by atoms with E-state index in [9.17, 15) is 4.79 Å². The highest BCUT2D eigenvalue weighted by atomic mass is 16.5.